The minimum atomic E-state index is -3.80. The lowest BCUT2D eigenvalue weighted by molar-refractivity contribution is -0.157. The number of hydrogen-bond acceptors (Lipinski definition) is 7. The van der Waals surface area contributed by atoms with Crippen LogP contribution in [0.3, 0.4) is 0 Å². The summed E-state index contributed by atoms with van der Waals surface area (Å²) in [6.07, 6.45) is -0.404. The lowest BCUT2D eigenvalue weighted by Crippen LogP contribution is -2.60. The molecule has 34 heavy (non-hydrogen) atoms. The summed E-state index contributed by atoms with van der Waals surface area (Å²) >= 11 is 0. The molecule has 2 fully saturated rings. The number of piperidine rings is 1. The van der Waals surface area contributed by atoms with Crippen molar-refractivity contribution >= 4 is 33.9 Å². The first kappa shape index (κ1) is 26.3. The van der Waals surface area contributed by atoms with Crippen LogP contribution in [0.2, 0.25) is 0 Å². The van der Waals surface area contributed by atoms with Crippen LogP contribution in [-0.2, 0) is 38.5 Å². The minimum Gasteiger partial charge on any atom is -0.593 e. The van der Waals surface area contributed by atoms with Crippen LogP contribution in [0.4, 0.5) is 5.69 Å². The van der Waals surface area contributed by atoms with Crippen molar-refractivity contribution in [3.8, 4) is 0 Å². The molecule has 11 heteroatoms. The number of carbonyl (C=O) groups excluding carboxylic acids is 3. The van der Waals surface area contributed by atoms with Crippen LogP contribution >= 0.6 is 0 Å². The largest absolute Gasteiger partial charge is 0.593 e. The normalized spacial score (nSPS) is 24.3. The van der Waals surface area contributed by atoms with E-state index in [2.05, 4.69) is 5.32 Å². The fraction of sp³-hybridized carbons (Fsp3) is 0.609. The number of carbonyl (C=O) groups is 3. The number of nitrogens with zero attached hydrogens (tertiary/aromatic N) is 2. The van der Waals surface area contributed by atoms with E-state index < -0.39 is 33.9 Å². The Morgan fingerprint density at radius 1 is 1.24 bits per heavy atom. The first-order valence-corrected chi connectivity index (χ1v) is 12.8. The molecular weight excluding hydrogens is 462 g/mol. The highest BCUT2D eigenvalue weighted by Crippen LogP contribution is 2.47. The summed E-state index contributed by atoms with van der Waals surface area (Å²) in [6, 6.07) is 5.78. The molecule has 1 aromatic carbocycles. The van der Waals surface area contributed by atoms with Gasteiger partial charge in [-0.25, -0.2) is 0 Å². The van der Waals surface area contributed by atoms with Gasteiger partial charge >= 0.3 is 5.97 Å². The monoisotopic (exact) mass is 495 g/mol. The molecule has 2 aliphatic rings. The molecule has 1 spiro atoms. The maximum Gasteiger partial charge on any atom is 0.314 e. The molecular formula is C23H33N3O7S. The van der Waals surface area contributed by atoms with Crippen LogP contribution < -0.4 is 5.32 Å². The fourth-order valence-corrected chi connectivity index (χ4v) is 6.68. The zero-order chi connectivity index (χ0) is 25.3. The Bertz CT molecular complexity index is 973. The second-order valence-electron chi connectivity index (χ2n) is 8.90. The lowest BCUT2D eigenvalue weighted by Gasteiger charge is -2.48. The summed E-state index contributed by atoms with van der Waals surface area (Å²) in [4.78, 5) is 39.2. The number of methoxy groups -OCH3 is 1. The molecule has 2 aliphatic heterocycles. The maximum atomic E-state index is 13.3. The second-order valence-corrected chi connectivity index (χ2v) is 10.8. The molecule has 3 atom stereocenters. The molecule has 2 amide bonds. The molecule has 3 rings (SSSR count). The number of esters is 1. The van der Waals surface area contributed by atoms with Crippen molar-refractivity contribution in [2.24, 2.45) is 5.92 Å². The van der Waals surface area contributed by atoms with Gasteiger partial charge in [-0.2, -0.15) is 0 Å². The van der Waals surface area contributed by atoms with E-state index in [1.165, 1.54) is 42.6 Å². The number of ether oxygens (including phenoxy) is 2. The third-order valence-corrected chi connectivity index (χ3v) is 8.47. The SMILES string of the molecule is CCOC(=O)[C@@H]1[C@@H](OC)C(=O)N(C(C)C)C12CCN([S+](=O)([O-])c1ccc(NC(C)=O)cc1)CC2. The Hall–Kier alpha value is -2.34. The summed E-state index contributed by atoms with van der Waals surface area (Å²) in [6.45, 7) is 7.28. The first-order chi connectivity index (χ1) is 16.0. The molecule has 1 aromatic rings. The minimum absolute atomic E-state index is 0.109. The quantitative estimate of drug-likeness (QED) is 0.451. The summed E-state index contributed by atoms with van der Waals surface area (Å²) in [5.41, 5.74) is -0.386. The third kappa shape index (κ3) is 4.61. The molecule has 0 aromatic heterocycles. The molecule has 0 bridgehead atoms. The average molecular weight is 496 g/mol. The number of amides is 2. The van der Waals surface area contributed by atoms with Gasteiger partial charge in [0.2, 0.25) is 5.91 Å². The van der Waals surface area contributed by atoms with Crippen LogP contribution in [0.15, 0.2) is 29.2 Å². The number of rotatable bonds is 7. The van der Waals surface area contributed by atoms with E-state index in [0.717, 1.165) is 0 Å². The highest BCUT2D eigenvalue weighted by Gasteiger charge is 2.64. The molecule has 1 N–H and O–H groups in total. The van der Waals surface area contributed by atoms with Crippen LogP contribution in [-0.4, -0.2) is 76.0 Å². The van der Waals surface area contributed by atoms with Crippen molar-refractivity contribution in [3.63, 3.8) is 0 Å². The fourth-order valence-electron chi connectivity index (χ4n) is 5.24. The van der Waals surface area contributed by atoms with Crippen molar-refractivity contribution in [1.82, 2.24) is 9.21 Å². The second kappa shape index (κ2) is 10.1. The lowest BCUT2D eigenvalue weighted by atomic mass is 9.76. The van der Waals surface area contributed by atoms with Gasteiger partial charge < -0.3 is 24.2 Å². The summed E-state index contributed by atoms with van der Waals surface area (Å²) in [5, 5.41) is 2.61. The van der Waals surface area contributed by atoms with Crippen molar-refractivity contribution in [2.75, 3.05) is 32.1 Å². The molecule has 2 saturated heterocycles. The zero-order valence-electron chi connectivity index (χ0n) is 20.2. The topological polar surface area (TPSA) is 128 Å². The van der Waals surface area contributed by atoms with E-state index in [0.29, 0.717) is 5.69 Å². The van der Waals surface area contributed by atoms with Gasteiger partial charge in [0.1, 0.15) is 5.92 Å². The first-order valence-electron chi connectivity index (χ1n) is 11.4. The van der Waals surface area contributed by atoms with Crippen molar-refractivity contribution in [1.29, 1.82) is 0 Å². The zero-order valence-corrected chi connectivity index (χ0v) is 21.1. The Morgan fingerprint density at radius 3 is 2.29 bits per heavy atom. The molecule has 0 radical (unpaired) electrons. The predicted molar refractivity (Wildman–Crippen MR) is 124 cm³/mol. The van der Waals surface area contributed by atoms with E-state index in [-0.39, 0.29) is 55.3 Å². The Kier molecular flexibility index (Phi) is 7.81. The van der Waals surface area contributed by atoms with Gasteiger partial charge in [-0.3, -0.25) is 14.4 Å². The van der Waals surface area contributed by atoms with Crippen molar-refractivity contribution in [2.45, 2.75) is 63.1 Å². The van der Waals surface area contributed by atoms with Gasteiger partial charge in [-0.15, -0.1) is 4.31 Å². The number of benzene rings is 1. The van der Waals surface area contributed by atoms with Crippen molar-refractivity contribution in [3.05, 3.63) is 24.3 Å². The van der Waals surface area contributed by atoms with E-state index in [1.807, 2.05) is 13.8 Å². The number of anilines is 1. The number of likely N-dealkylation sites (tertiary alicyclic amines) is 1. The van der Waals surface area contributed by atoms with Gasteiger partial charge in [0.15, 0.2) is 21.4 Å². The maximum absolute atomic E-state index is 13.3. The van der Waals surface area contributed by atoms with Gasteiger partial charge in [-0.05, 0) is 57.9 Å². The Morgan fingerprint density at radius 2 is 1.82 bits per heavy atom. The molecule has 0 aliphatic carbocycles. The Labute approximate surface area is 201 Å². The molecule has 0 saturated carbocycles. The smallest absolute Gasteiger partial charge is 0.314 e. The number of sulfonamides is 1. The number of hydrogen-bond donors (Lipinski definition) is 1. The summed E-state index contributed by atoms with van der Waals surface area (Å²) in [7, 11) is -2.40. The van der Waals surface area contributed by atoms with Crippen LogP contribution in [0.1, 0.15) is 40.5 Å². The highest BCUT2D eigenvalue weighted by molar-refractivity contribution is 7.95. The molecule has 10 nitrogen and oxygen atoms in total. The predicted octanol–water partition coefficient (Wildman–Crippen LogP) is 1.83. The number of nitrogens with one attached hydrogen (secondary N) is 1. The van der Waals surface area contributed by atoms with Gasteiger partial charge in [0.25, 0.3) is 5.91 Å². The van der Waals surface area contributed by atoms with E-state index >= 15 is 0 Å². The van der Waals surface area contributed by atoms with Crippen molar-refractivity contribution < 1.29 is 32.6 Å². The summed E-state index contributed by atoms with van der Waals surface area (Å²) < 4.78 is 38.7. The van der Waals surface area contributed by atoms with Gasteiger partial charge in [0, 0.05) is 38.9 Å². The highest BCUT2D eigenvalue weighted by atomic mass is 32.3. The molecule has 188 valence electrons. The van der Waals surface area contributed by atoms with Crippen LogP contribution in [0.5, 0.6) is 0 Å². The molecule has 1 unspecified atom stereocenters. The Balaban J connectivity index is 1.87. The third-order valence-electron chi connectivity index (χ3n) is 6.55. The van der Waals surface area contributed by atoms with Gasteiger partial charge in [-0.1, -0.05) is 4.21 Å². The van der Waals surface area contributed by atoms with E-state index in [1.54, 1.807) is 11.8 Å². The summed E-state index contributed by atoms with van der Waals surface area (Å²) in [5.74, 6) is -1.87. The van der Waals surface area contributed by atoms with Crippen LogP contribution in [0, 0.1) is 5.92 Å². The van der Waals surface area contributed by atoms with Gasteiger partial charge in [0.05, 0.1) is 12.1 Å². The standard InChI is InChI=1S/C23H33N3O7S/c1-6-33-22(29)19-20(32-5)21(28)26(15(2)3)23(19)11-13-25(14-12-23)34(30,31)18-9-7-17(8-10-18)24-16(4)27/h7-10,15,19-20H,6,11-14H2,1-5H3,(H-,24,27,30,31)/t19-,20+/m0/s1. The molecule has 2 heterocycles. The van der Waals surface area contributed by atoms with Crippen LogP contribution in [0.25, 0.3) is 0 Å². The van der Waals surface area contributed by atoms with E-state index in [9.17, 15) is 23.1 Å². The average Bonchev–Trinajstić information content (AvgIpc) is 3.01. The van der Waals surface area contributed by atoms with E-state index in [4.69, 9.17) is 9.47 Å².